The van der Waals surface area contributed by atoms with Gasteiger partial charge in [-0.25, -0.2) is 19.3 Å². The molecule has 1 N–H and O–H groups in total. The van der Waals surface area contributed by atoms with Gasteiger partial charge >= 0.3 is 12.1 Å². The van der Waals surface area contributed by atoms with Crippen molar-refractivity contribution in [2.75, 3.05) is 31.1 Å². The Balaban J connectivity index is 1.19. The molecule has 1 aromatic carbocycles. The van der Waals surface area contributed by atoms with Crippen LogP contribution in [0.2, 0.25) is 0 Å². The minimum Gasteiger partial charge on any atom is -0.457 e. The number of cyclic esters (lactones) is 2. The fourth-order valence-electron chi connectivity index (χ4n) is 5.59. The molecule has 3 aliphatic rings. The number of esters is 1. The smallest absolute Gasteiger partial charge is 0.414 e. The normalized spacial score (nSPS) is 21.8. The highest BCUT2D eigenvalue weighted by molar-refractivity contribution is 5.94. The van der Waals surface area contributed by atoms with Crippen LogP contribution in [0, 0.1) is 13.8 Å². The Bertz CT molecular complexity index is 1390. The molecule has 2 aromatic heterocycles. The SMILES string of the molecule is Cc1cc(N2CCOC2=O)cc(-n2cc(CN3C[C@@H](c4ccc5c(c4C)COC5=O)N[C@@H](C)C3)cn2)n1. The number of anilines is 1. The fourth-order valence-corrected chi connectivity index (χ4v) is 5.59. The minimum atomic E-state index is -0.335. The molecule has 2 saturated heterocycles. The number of benzene rings is 1. The van der Waals surface area contributed by atoms with Crippen LogP contribution in [0.4, 0.5) is 10.5 Å². The maximum atomic E-state index is 12.0. The van der Waals surface area contributed by atoms with E-state index in [0.717, 1.165) is 47.7 Å². The lowest BCUT2D eigenvalue weighted by Gasteiger charge is -2.38. The predicted molar refractivity (Wildman–Crippen MR) is 136 cm³/mol. The number of pyridine rings is 1. The number of hydrogen-bond acceptors (Lipinski definition) is 8. The predicted octanol–water partition coefficient (Wildman–Crippen LogP) is 3.05. The number of ether oxygens (including phenoxy) is 2. The van der Waals surface area contributed by atoms with E-state index in [9.17, 15) is 9.59 Å². The number of nitrogens with one attached hydrogen (secondary N) is 1. The first-order chi connectivity index (χ1) is 17.9. The van der Waals surface area contributed by atoms with Crippen molar-refractivity contribution in [1.29, 1.82) is 0 Å². The van der Waals surface area contributed by atoms with Crippen molar-refractivity contribution in [1.82, 2.24) is 25.0 Å². The van der Waals surface area contributed by atoms with Crippen LogP contribution < -0.4 is 10.2 Å². The van der Waals surface area contributed by atoms with Gasteiger partial charge in [0.15, 0.2) is 5.82 Å². The third-order valence-corrected chi connectivity index (χ3v) is 7.32. The second-order valence-electron chi connectivity index (χ2n) is 10.1. The van der Waals surface area contributed by atoms with E-state index in [1.807, 2.05) is 37.5 Å². The van der Waals surface area contributed by atoms with Crippen LogP contribution in [0.25, 0.3) is 5.82 Å². The third-order valence-electron chi connectivity index (χ3n) is 7.32. The van der Waals surface area contributed by atoms with E-state index in [0.29, 0.717) is 37.2 Å². The number of carbonyl (C=O) groups is 2. The average Bonchev–Trinajstić information content (AvgIpc) is 3.59. The molecule has 192 valence electrons. The van der Waals surface area contributed by atoms with Gasteiger partial charge in [0, 0.05) is 60.8 Å². The summed E-state index contributed by atoms with van der Waals surface area (Å²) in [6.07, 6.45) is 3.54. The summed E-state index contributed by atoms with van der Waals surface area (Å²) in [7, 11) is 0. The summed E-state index contributed by atoms with van der Waals surface area (Å²) in [4.78, 5) is 32.7. The van der Waals surface area contributed by atoms with Gasteiger partial charge in [0.25, 0.3) is 0 Å². The van der Waals surface area contributed by atoms with Gasteiger partial charge in [-0.3, -0.25) is 9.80 Å². The number of amides is 1. The molecule has 1 amide bonds. The number of carbonyl (C=O) groups excluding carboxylic acids is 2. The quantitative estimate of drug-likeness (QED) is 0.532. The van der Waals surface area contributed by atoms with Gasteiger partial charge in [-0.05, 0) is 44.0 Å². The number of fused-ring (bicyclic) bond motifs is 1. The molecule has 37 heavy (non-hydrogen) atoms. The summed E-state index contributed by atoms with van der Waals surface area (Å²) < 4.78 is 12.1. The Hall–Kier alpha value is -3.76. The largest absolute Gasteiger partial charge is 0.457 e. The van der Waals surface area contributed by atoms with Crippen molar-refractivity contribution in [2.45, 2.75) is 46.0 Å². The van der Waals surface area contributed by atoms with E-state index in [1.54, 1.807) is 9.58 Å². The van der Waals surface area contributed by atoms with Crippen LogP contribution in [0.1, 0.15) is 51.3 Å². The molecule has 0 bridgehead atoms. The molecule has 10 heteroatoms. The Morgan fingerprint density at radius 2 is 2.00 bits per heavy atom. The first-order valence-electron chi connectivity index (χ1n) is 12.6. The molecular weight excluding hydrogens is 472 g/mol. The zero-order chi connectivity index (χ0) is 25.7. The summed E-state index contributed by atoms with van der Waals surface area (Å²) in [6, 6.07) is 8.16. The van der Waals surface area contributed by atoms with E-state index in [-0.39, 0.29) is 18.1 Å². The molecule has 3 aliphatic heterocycles. The van der Waals surface area contributed by atoms with E-state index < -0.39 is 0 Å². The molecule has 2 atom stereocenters. The molecule has 0 radical (unpaired) electrons. The highest BCUT2D eigenvalue weighted by atomic mass is 16.6. The van der Waals surface area contributed by atoms with Crippen LogP contribution in [-0.2, 0) is 22.6 Å². The number of aromatic nitrogens is 3. The second-order valence-corrected chi connectivity index (χ2v) is 10.1. The molecule has 0 unspecified atom stereocenters. The summed E-state index contributed by atoms with van der Waals surface area (Å²) >= 11 is 0. The summed E-state index contributed by atoms with van der Waals surface area (Å²) in [5.41, 5.74) is 6.68. The molecule has 6 rings (SSSR count). The molecule has 3 aromatic rings. The van der Waals surface area contributed by atoms with Crippen molar-refractivity contribution in [2.24, 2.45) is 0 Å². The molecule has 0 aliphatic carbocycles. The van der Waals surface area contributed by atoms with Gasteiger partial charge in [-0.15, -0.1) is 0 Å². The van der Waals surface area contributed by atoms with Crippen molar-refractivity contribution in [3.8, 4) is 5.82 Å². The molecule has 0 spiro atoms. The zero-order valence-electron chi connectivity index (χ0n) is 21.2. The van der Waals surface area contributed by atoms with E-state index in [2.05, 4.69) is 40.2 Å². The lowest BCUT2D eigenvalue weighted by atomic mass is 9.92. The minimum absolute atomic E-state index is 0.154. The second kappa shape index (κ2) is 9.28. The summed E-state index contributed by atoms with van der Waals surface area (Å²) in [5.74, 6) is 0.432. The van der Waals surface area contributed by atoms with Crippen molar-refractivity contribution >= 4 is 17.7 Å². The first kappa shape index (κ1) is 23.6. The third kappa shape index (κ3) is 4.47. The molecular formula is C27H30N6O4. The Labute approximate surface area is 215 Å². The van der Waals surface area contributed by atoms with Crippen LogP contribution in [0.15, 0.2) is 36.7 Å². The van der Waals surface area contributed by atoms with Gasteiger partial charge in [0.1, 0.15) is 13.2 Å². The van der Waals surface area contributed by atoms with Gasteiger partial charge in [-0.2, -0.15) is 5.10 Å². The molecule has 0 saturated carbocycles. The van der Waals surface area contributed by atoms with Gasteiger partial charge in [0.2, 0.25) is 0 Å². The monoisotopic (exact) mass is 502 g/mol. The average molecular weight is 503 g/mol. The fraction of sp³-hybridized carbons (Fsp3) is 0.407. The van der Waals surface area contributed by atoms with Gasteiger partial charge in [-0.1, -0.05) is 6.07 Å². The summed E-state index contributed by atoms with van der Waals surface area (Å²) in [5, 5.41) is 8.29. The molecule has 2 fully saturated rings. The standard InChI is InChI=1S/C27H30N6O4/c1-16-8-20(32-6-7-36-27(32)35)9-25(30-16)33-13-19(10-28-33)12-31-11-17(2)29-24(14-31)21-4-5-22-23(18(21)3)15-37-26(22)34/h4-5,8-10,13,17,24,29H,6-7,11-12,14-15H2,1-3H3/t17-,24-/m0/s1. The van der Waals surface area contributed by atoms with E-state index in [4.69, 9.17) is 9.47 Å². The lowest BCUT2D eigenvalue weighted by molar-refractivity contribution is 0.0535. The zero-order valence-corrected chi connectivity index (χ0v) is 21.2. The number of hydrogen-bond donors (Lipinski definition) is 1. The topological polar surface area (TPSA) is 102 Å². The number of aryl methyl sites for hydroxylation is 1. The highest BCUT2D eigenvalue weighted by Gasteiger charge is 2.30. The number of piperazine rings is 1. The van der Waals surface area contributed by atoms with Crippen molar-refractivity contribution in [3.05, 3.63) is 70.2 Å². The van der Waals surface area contributed by atoms with Crippen molar-refractivity contribution in [3.63, 3.8) is 0 Å². The first-order valence-corrected chi connectivity index (χ1v) is 12.6. The molecule has 5 heterocycles. The lowest BCUT2D eigenvalue weighted by Crippen LogP contribution is -2.50. The Morgan fingerprint density at radius 3 is 2.81 bits per heavy atom. The summed E-state index contributed by atoms with van der Waals surface area (Å²) in [6.45, 7) is 9.97. The molecule has 10 nitrogen and oxygen atoms in total. The Morgan fingerprint density at radius 1 is 1.14 bits per heavy atom. The Kier molecular flexibility index (Phi) is 5.92. The van der Waals surface area contributed by atoms with Crippen LogP contribution in [0.3, 0.4) is 0 Å². The van der Waals surface area contributed by atoms with Crippen LogP contribution in [0.5, 0.6) is 0 Å². The van der Waals surface area contributed by atoms with Crippen molar-refractivity contribution < 1.29 is 19.1 Å². The van der Waals surface area contributed by atoms with Crippen LogP contribution >= 0.6 is 0 Å². The number of nitrogens with zero attached hydrogens (tertiary/aromatic N) is 5. The van der Waals surface area contributed by atoms with Crippen LogP contribution in [-0.4, -0.2) is 64.0 Å². The van der Waals surface area contributed by atoms with E-state index >= 15 is 0 Å². The van der Waals surface area contributed by atoms with Gasteiger partial charge in [0.05, 0.1) is 24.0 Å². The maximum Gasteiger partial charge on any atom is 0.414 e. The number of rotatable bonds is 5. The van der Waals surface area contributed by atoms with E-state index in [1.165, 1.54) is 5.56 Å². The van der Waals surface area contributed by atoms with Gasteiger partial charge < -0.3 is 14.8 Å². The maximum absolute atomic E-state index is 12.0. The highest BCUT2D eigenvalue weighted by Crippen LogP contribution is 2.31.